The van der Waals surface area contributed by atoms with E-state index in [2.05, 4.69) is 5.32 Å². The number of methoxy groups -OCH3 is 1. The number of esters is 1. The molecule has 118 valence electrons. The maximum Gasteiger partial charge on any atom is 0.355 e. The molecule has 1 heterocycles. The summed E-state index contributed by atoms with van der Waals surface area (Å²) in [5, 5.41) is 2.61. The first-order chi connectivity index (χ1) is 9.86. The lowest BCUT2D eigenvalue weighted by atomic mass is 10.3. The second-order valence-corrected chi connectivity index (χ2v) is 4.99. The van der Waals surface area contributed by atoms with Crippen LogP contribution in [0.25, 0.3) is 0 Å². The summed E-state index contributed by atoms with van der Waals surface area (Å²) in [7, 11) is 1.54. The van der Waals surface area contributed by atoms with Crippen LogP contribution in [0.5, 0.6) is 0 Å². The van der Waals surface area contributed by atoms with Crippen molar-refractivity contribution in [3.8, 4) is 0 Å². The van der Waals surface area contributed by atoms with E-state index in [0.717, 1.165) is 0 Å². The van der Waals surface area contributed by atoms with Crippen LogP contribution >= 0.6 is 0 Å². The largest absolute Gasteiger partial charge is 0.448 e. The first-order valence-corrected chi connectivity index (χ1v) is 6.81. The maximum absolute atomic E-state index is 12.1. The average molecular weight is 297 g/mol. The van der Waals surface area contributed by atoms with Gasteiger partial charge in [-0.25, -0.2) is 4.79 Å². The van der Waals surface area contributed by atoms with E-state index < -0.39 is 12.1 Å². The Morgan fingerprint density at radius 3 is 2.62 bits per heavy atom. The molecule has 0 aromatic carbocycles. The van der Waals surface area contributed by atoms with Crippen LogP contribution in [-0.2, 0) is 14.3 Å². The molecule has 0 aliphatic carbocycles. The number of aromatic nitrogens is 1. The molecule has 0 aliphatic heterocycles. The number of carbonyl (C=O) groups excluding carboxylic acids is 2. The first-order valence-electron chi connectivity index (χ1n) is 6.81. The second-order valence-electron chi connectivity index (χ2n) is 4.99. The fraction of sp³-hybridized carbons (Fsp3) is 0.571. The van der Waals surface area contributed by atoms with Crippen molar-refractivity contribution in [1.82, 2.24) is 9.88 Å². The van der Waals surface area contributed by atoms with Crippen LogP contribution in [-0.4, -0.2) is 42.8 Å². The summed E-state index contributed by atoms with van der Waals surface area (Å²) in [6.07, 6.45) is 0.788. The first kappa shape index (κ1) is 17.0. The Hall–Kier alpha value is -2.02. The third-order valence-electron chi connectivity index (χ3n) is 2.89. The summed E-state index contributed by atoms with van der Waals surface area (Å²) < 4.78 is 11.7. The van der Waals surface area contributed by atoms with Gasteiger partial charge in [0.1, 0.15) is 5.69 Å². The lowest BCUT2D eigenvalue weighted by Crippen LogP contribution is -2.37. The molecule has 21 heavy (non-hydrogen) atoms. The number of rotatable bonds is 7. The molecule has 1 rings (SSSR count). The molecule has 3 N–H and O–H groups in total. The Morgan fingerprint density at radius 1 is 1.38 bits per heavy atom. The lowest BCUT2D eigenvalue weighted by Gasteiger charge is -2.15. The number of hydrogen-bond acceptors (Lipinski definition) is 5. The number of nitrogens with one attached hydrogen (secondary N) is 1. The van der Waals surface area contributed by atoms with E-state index in [-0.39, 0.29) is 11.9 Å². The molecule has 7 nitrogen and oxygen atoms in total. The van der Waals surface area contributed by atoms with Crippen LogP contribution in [0.15, 0.2) is 12.3 Å². The second kappa shape index (κ2) is 7.68. The van der Waals surface area contributed by atoms with Crippen molar-refractivity contribution in [1.29, 1.82) is 0 Å². The molecule has 1 aromatic heterocycles. The molecule has 1 atom stereocenters. The molecule has 0 saturated heterocycles. The van der Waals surface area contributed by atoms with Gasteiger partial charge in [0, 0.05) is 25.9 Å². The van der Waals surface area contributed by atoms with Crippen LogP contribution in [0.3, 0.4) is 0 Å². The highest BCUT2D eigenvalue weighted by molar-refractivity contribution is 5.92. The van der Waals surface area contributed by atoms with Crippen LogP contribution in [0.4, 0.5) is 5.69 Å². The number of nitrogen functional groups attached to an aromatic ring is 1. The maximum atomic E-state index is 12.1. The van der Waals surface area contributed by atoms with Crippen molar-refractivity contribution < 1.29 is 19.1 Å². The van der Waals surface area contributed by atoms with E-state index >= 15 is 0 Å². The molecular weight excluding hydrogens is 274 g/mol. The van der Waals surface area contributed by atoms with Gasteiger partial charge in [0.25, 0.3) is 5.91 Å². The van der Waals surface area contributed by atoms with Crippen molar-refractivity contribution in [2.75, 3.05) is 26.0 Å². The van der Waals surface area contributed by atoms with Gasteiger partial charge in [0.05, 0.1) is 12.3 Å². The molecule has 0 spiro atoms. The highest BCUT2D eigenvalue weighted by atomic mass is 16.5. The zero-order chi connectivity index (χ0) is 16.0. The predicted octanol–water partition coefficient (Wildman–Crippen LogP) is 0.959. The van der Waals surface area contributed by atoms with Crippen LogP contribution in [0.2, 0.25) is 0 Å². The Labute approximate surface area is 124 Å². The summed E-state index contributed by atoms with van der Waals surface area (Å²) in [5.74, 6) is -0.939. The molecule has 1 unspecified atom stereocenters. The Balaban J connectivity index is 2.66. The van der Waals surface area contributed by atoms with Crippen molar-refractivity contribution in [3.05, 3.63) is 18.0 Å². The van der Waals surface area contributed by atoms with Gasteiger partial charge in [-0.15, -0.1) is 0 Å². The zero-order valence-corrected chi connectivity index (χ0v) is 12.9. The minimum absolute atomic E-state index is 0.0654. The smallest absolute Gasteiger partial charge is 0.355 e. The topological polar surface area (TPSA) is 95.6 Å². The number of nitrogens with two attached hydrogens (primary N) is 1. The molecule has 1 aromatic rings. The van der Waals surface area contributed by atoms with Gasteiger partial charge in [-0.2, -0.15) is 0 Å². The SMILES string of the molecule is COCCNC(=O)C(C)OC(=O)c1cc(N)cn1C(C)C. The quantitative estimate of drug-likeness (QED) is 0.577. The molecule has 0 saturated carbocycles. The van der Waals surface area contributed by atoms with Gasteiger partial charge in [-0.05, 0) is 26.8 Å². The van der Waals surface area contributed by atoms with Crippen molar-refractivity contribution in [2.45, 2.75) is 32.9 Å². The number of ether oxygens (including phenoxy) is 2. The Bertz CT molecular complexity index is 496. The summed E-state index contributed by atoms with van der Waals surface area (Å²) in [6, 6.07) is 1.61. The average Bonchev–Trinajstić information content (AvgIpc) is 2.81. The van der Waals surface area contributed by atoms with Crippen LogP contribution < -0.4 is 11.1 Å². The molecule has 0 fully saturated rings. The molecule has 0 bridgehead atoms. The fourth-order valence-corrected chi connectivity index (χ4v) is 1.79. The molecule has 1 amide bonds. The van der Waals surface area contributed by atoms with E-state index in [4.69, 9.17) is 15.2 Å². The lowest BCUT2D eigenvalue weighted by molar-refractivity contribution is -0.129. The summed E-state index contributed by atoms with van der Waals surface area (Å²) >= 11 is 0. The highest BCUT2D eigenvalue weighted by Gasteiger charge is 2.22. The van der Waals surface area contributed by atoms with Gasteiger partial charge in [0.15, 0.2) is 6.10 Å². The van der Waals surface area contributed by atoms with E-state index in [9.17, 15) is 9.59 Å². The van der Waals surface area contributed by atoms with Gasteiger partial charge in [0.2, 0.25) is 0 Å². The molecule has 7 heteroatoms. The fourth-order valence-electron chi connectivity index (χ4n) is 1.79. The van der Waals surface area contributed by atoms with Gasteiger partial charge >= 0.3 is 5.97 Å². The normalized spacial score (nSPS) is 12.2. The minimum Gasteiger partial charge on any atom is -0.448 e. The number of amides is 1. The third-order valence-corrected chi connectivity index (χ3v) is 2.89. The molecular formula is C14H23N3O4. The molecule has 0 radical (unpaired) electrons. The van der Waals surface area contributed by atoms with Gasteiger partial charge in [-0.1, -0.05) is 0 Å². The standard InChI is InChI=1S/C14H23N3O4/c1-9(2)17-8-11(15)7-12(17)14(19)21-10(3)13(18)16-5-6-20-4/h7-10H,5-6,15H2,1-4H3,(H,16,18). The summed E-state index contributed by atoms with van der Waals surface area (Å²) in [6.45, 7) is 6.14. The van der Waals surface area contributed by atoms with E-state index in [1.54, 1.807) is 17.9 Å². The van der Waals surface area contributed by atoms with Gasteiger partial charge < -0.3 is 25.1 Å². The van der Waals surface area contributed by atoms with Gasteiger partial charge in [-0.3, -0.25) is 4.79 Å². The number of nitrogens with zero attached hydrogens (tertiary/aromatic N) is 1. The Kier molecular flexibility index (Phi) is 6.23. The summed E-state index contributed by atoms with van der Waals surface area (Å²) in [4.78, 5) is 23.9. The van der Waals surface area contributed by atoms with E-state index in [1.165, 1.54) is 13.0 Å². The van der Waals surface area contributed by atoms with Crippen molar-refractivity contribution in [2.24, 2.45) is 0 Å². The number of anilines is 1. The van der Waals surface area contributed by atoms with Crippen molar-refractivity contribution in [3.63, 3.8) is 0 Å². The molecule has 0 aliphatic rings. The third kappa shape index (κ3) is 4.78. The number of hydrogen-bond donors (Lipinski definition) is 2. The highest BCUT2D eigenvalue weighted by Crippen LogP contribution is 2.17. The monoisotopic (exact) mass is 297 g/mol. The minimum atomic E-state index is -0.883. The van der Waals surface area contributed by atoms with Crippen LogP contribution in [0, 0.1) is 0 Å². The number of carbonyl (C=O) groups is 2. The van der Waals surface area contributed by atoms with Crippen molar-refractivity contribution >= 4 is 17.6 Å². The van der Waals surface area contributed by atoms with E-state index in [1.807, 2.05) is 13.8 Å². The van der Waals surface area contributed by atoms with Crippen LogP contribution in [0.1, 0.15) is 37.3 Å². The predicted molar refractivity (Wildman–Crippen MR) is 79.0 cm³/mol. The summed E-state index contributed by atoms with van der Waals surface area (Å²) in [5.41, 5.74) is 6.52. The zero-order valence-electron chi connectivity index (χ0n) is 12.9. The van der Waals surface area contributed by atoms with E-state index in [0.29, 0.717) is 24.5 Å². The Morgan fingerprint density at radius 2 is 2.05 bits per heavy atom.